The Labute approximate surface area is 130 Å². The van der Waals surface area contributed by atoms with E-state index in [4.69, 9.17) is 9.15 Å². The molecule has 2 amide bonds. The van der Waals surface area contributed by atoms with Gasteiger partial charge in [0.2, 0.25) is 5.91 Å². The molecule has 0 aromatic carbocycles. The van der Waals surface area contributed by atoms with Crippen molar-refractivity contribution in [2.45, 2.75) is 45.3 Å². The molecule has 1 saturated heterocycles. The van der Waals surface area contributed by atoms with Gasteiger partial charge in [-0.15, -0.1) is 0 Å². The molecule has 0 spiro atoms. The fraction of sp³-hybridized carbons (Fsp3) is 0.625. The first-order chi connectivity index (χ1) is 10.6. The topological polar surface area (TPSA) is 71.8 Å². The van der Waals surface area contributed by atoms with Gasteiger partial charge < -0.3 is 19.4 Å². The lowest BCUT2D eigenvalue weighted by atomic mass is 10.2. The molecule has 2 heterocycles. The lowest BCUT2D eigenvalue weighted by Gasteiger charge is -2.25. The highest BCUT2D eigenvalue weighted by atomic mass is 16.5. The van der Waals surface area contributed by atoms with Gasteiger partial charge in [-0.2, -0.15) is 0 Å². The third-order valence-electron chi connectivity index (χ3n) is 3.56. The average Bonchev–Trinajstić information content (AvgIpc) is 3.14. The van der Waals surface area contributed by atoms with Gasteiger partial charge in [0.05, 0.1) is 17.9 Å². The molecule has 6 heteroatoms. The highest BCUT2D eigenvalue weighted by molar-refractivity contribution is 5.94. The molecule has 122 valence electrons. The van der Waals surface area contributed by atoms with Crippen molar-refractivity contribution < 1.29 is 18.7 Å². The number of nitrogens with zero attached hydrogens (tertiary/aromatic N) is 1. The minimum Gasteiger partial charge on any atom is -0.472 e. The maximum absolute atomic E-state index is 12.5. The second-order valence-electron chi connectivity index (χ2n) is 5.87. The minimum absolute atomic E-state index is 0.0488. The summed E-state index contributed by atoms with van der Waals surface area (Å²) >= 11 is 0. The zero-order valence-electron chi connectivity index (χ0n) is 13.2. The van der Waals surface area contributed by atoms with Crippen LogP contribution < -0.4 is 5.32 Å². The van der Waals surface area contributed by atoms with Crippen LogP contribution in [0.25, 0.3) is 0 Å². The van der Waals surface area contributed by atoms with E-state index in [0.29, 0.717) is 18.7 Å². The molecule has 1 aromatic rings. The molecule has 1 aliphatic heterocycles. The van der Waals surface area contributed by atoms with E-state index in [-0.39, 0.29) is 30.4 Å². The Morgan fingerprint density at radius 2 is 2.27 bits per heavy atom. The Morgan fingerprint density at radius 3 is 2.86 bits per heavy atom. The maximum Gasteiger partial charge on any atom is 0.257 e. The minimum atomic E-state index is -0.124. The Bertz CT molecular complexity index is 478. The molecule has 1 atom stereocenters. The molecule has 0 radical (unpaired) electrons. The van der Waals surface area contributed by atoms with Gasteiger partial charge in [-0.25, -0.2) is 0 Å². The van der Waals surface area contributed by atoms with E-state index in [1.54, 1.807) is 11.0 Å². The average molecular weight is 308 g/mol. The van der Waals surface area contributed by atoms with Crippen LogP contribution in [0.1, 0.15) is 43.5 Å². The number of nitrogens with one attached hydrogen (secondary N) is 1. The van der Waals surface area contributed by atoms with Crippen molar-refractivity contribution in [1.29, 1.82) is 0 Å². The van der Waals surface area contributed by atoms with Crippen molar-refractivity contribution in [1.82, 2.24) is 10.2 Å². The highest BCUT2D eigenvalue weighted by Crippen LogP contribution is 2.15. The van der Waals surface area contributed by atoms with E-state index in [2.05, 4.69) is 5.32 Å². The quantitative estimate of drug-likeness (QED) is 0.834. The lowest BCUT2D eigenvalue weighted by Crippen LogP contribution is -2.40. The van der Waals surface area contributed by atoms with Crippen LogP contribution in [-0.4, -0.2) is 48.6 Å². The van der Waals surface area contributed by atoms with Crippen LogP contribution in [-0.2, 0) is 9.53 Å². The number of hydrogen-bond acceptors (Lipinski definition) is 4. The van der Waals surface area contributed by atoms with Crippen molar-refractivity contribution in [3.63, 3.8) is 0 Å². The molecule has 1 unspecified atom stereocenters. The largest absolute Gasteiger partial charge is 0.472 e. The molecule has 1 N–H and O–H groups in total. The fourth-order valence-corrected chi connectivity index (χ4v) is 2.51. The first-order valence-corrected chi connectivity index (χ1v) is 7.78. The van der Waals surface area contributed by atoms with Crippen molar-refractivity contribution in [2.24, 2.45) is 0 Å². The van der Waals surface area contributed by atoms with Crippen LogP contribution in [0.2, 0.25) is 0 Å². The summed E-state index contributed by atoms with van der Waals surface area (Å²) in [5.74, 6) is -0.172. The van der Waals surface area contributed by atoms with Crippen molar-refractivity contribution >= 4 is 11.8 Å². The highest BCUT2D eigenvalue weighted by Gasteiger charge is 2.24. The molecule has 1 aromatic heterocycles. The number of ether oxygens (including phenoxy) is 1. The van der Waals surface area contributed by atoms with Crippen LogP contribution in [0.15, 0.2) is 23.0 Å². The third kappa shape index (κ3) is 4.87. The molecular weight excluding hydrogens is 284 g/mol. The summed E-state index contributed by atoms with van der Waals surface area (Å²) in [6, 6.07) is 1.74. The zero-order valence-corrected chi connectivity index (χ0v) is 13.2. The molecule has 2 rings (SSSR count). The predicted molar refractivity (Wildman–Crippen MR) is 81.5 cm³/mol. The van der Waals surface area contributed by atoms with Crippen molar-refractivity contribution in [3.8, 4) is 0 Å². The summed E-state index contributed by atoms with van der Waals surface area (Å²) in [6.45, 7) is 5.46. The van der Waals surface area contributed by atoms with E-state index in [1.165, 1.54) is 12.5 Å². The third-order valence-corrected chi connectivity index (χ3v) is 3.56. The first-order valence-electron chi connectivity index (χ1n) is 7.78. The van der Waals surface area contributed by atoms with Gasteiger partial charge in [-0.1, -0.05) is 0 Å². The SMILES string of the molecule is CC(C)NC(=O)CCN(CC1CCCO1)C(=O)c1ccoc1. The molecule has 0 bridgehead atoms. The molecule has 1 aliphatic rings. The van der Waals surface area contributed by atoms with Gasteiger partial charge >= 0.3 is 0 Å². The normalized spacial score (nSPS) is 17.7. The first kappa shape index (κ1) is 16.5. The number of carbonyl (C=O) groups is 2. The monoisotopic (exact) mass is 308 g/mol. The number of rotatable bonds is 7. The second kappa shape index (κ2) is 7.98. The zero-order chi connectivity index (χ0) is 15.9. The van der Waals surface area contributed by atoms with E-state index in [0.717, 1.165) is 19.4 Å². The molecule has 0 aliphatic carbocycles. The van der Waals surface area contributed by atoms with E-state index in [9.17, 15) is 9.59 Å². The van der Waals surface area contributed by atoms with Crippen molar-refractivity contribution in [2.75, 3.05) is 19.7 Å². The van der Waals surface area contributed by atoms with Crippen molar-refractivity contribution in [3.05, 3.63) is 24.2 Å². The maximum atomic E-state index is 12.5. The number of carbonyl (C=O) groups excluding carboxylic acids is 2. The van der Waals surface area contributed by atoms with Gasteiger partial charge in [0, 0.05) is 32.2 Å². The van der Waals surface area contributed by atoms with Crippen LogP contribution in [0.3, 0.4) is 0 Å². The Kier molecular flexibility index (Phi) is 6.00. The van der Waals surface area contributed by atoms with Crippen LogP contribution in [0, 0.1) is 0 Å². The number of amides is 2. The smallest absolute Gasteiger partial charge is 0.257 e. The van der Waals surface area contributed by atoms with Crippen LogP contribution in [0.5, 0.6) is 0 Å². The summed E-state index contributed by atoms with van der Waals surface area (Å²) in [7, 11) is 0. The predicted octanol–water partition coefficient (Wildman–Crippen LogP) is 1.82. The lowest BCUT2D eigenvalue weighted by molar-refractivity contribution is -0.121. The Balaban J connectivity index is 1.94. The van der Waals surface area contributed by atoms with Gasteiger partial charge in [0.1, 0.15) is 6.26 Å². The molecular formula is C16H24N2O4. The van der Waals surface area contributed by atoms with E-state index < -0.39 is 0 Å². The molecule has 22 heavy (non-hydrogen) atoms. The summed E-state index contributed by atoms with van der Waals surface area (Å²) < 4.78 is 10.6. The van der Waals surface area contributed by atoms with Gasteiger partial charge in [0.15, 0.2) is 0 Å². The molecule has 6 nitrogen and oxygen atoms in total. The van der Waals surface area contributed by atoms with Gasteiger partial charge in [-0.3, -0.25) is 9.59 Å². The summed E-state index contributed by atoms with van der Waals surface area (Å²) in [4.78, 5) is 26.0. The van der Waals surface area contributed by atoms with E-state index >= 15 is 0 Å². The van der Waals surface area contributed by atoms with Gasteiger partial charge in [-0.05, 0) is 32.8 Å². The summed E-state index contributed by atoms with van der Waals surface area (Å²) in [5, 5.41) is 2.84. The Morgan fingerprint density at radius 1 is 1.45 bits per heavy atom. The Hall–Kier alpha value is -1.82. The molecule has 1 fully saturated rings. The molecule has 0 saturated carbocycles. The van der Waals surface area contributed by atoms with Crippen LogP contribution >= 0.6 is 0 Å². The fourth-order valence-electron chi connectivity index (χ4n) is 2.51. The second-order valence-corrected chi connectivity index (χ2v) is 5.87. The summed E-state index contributed by atoms with van der Waals surface area (Å²) in [6.07, 6.45) is 5.22. The standard InChI is InChI=1S/C16H24N2O4/c1-12(2)17-15(19)5-7-18(10-14-4-3-8-22-14)16(20)13-6-9-21-11-13/h6,9,11-12,14H,3-5,7-8,10H2,1-2H3,(H,17,19). The number of furan rings is 1. The summed E-state index contributed by atoms with van der Waals surface area (Å²) in [5.41, 5.74) is 0.502. The van der Waals surface area contributed by atoms with E-state index in [1.807, 2.05) is 13.8 Å². The van der Waals surface area contributed by atoms with Gasteiger partial charge in [0.25, 0.3) is 5.91 Å². The number of hydrogen-bond donors (Lipinski definition) is 1. The van der Waals surface area contributed by atoms with Crippen LogP contribution in [0.4, 0.5) is 0 Å².